The molecule has 0 saturated heterocycles. The van der Waals surface area contributed by atoms with Gasteiger partial charge in [0.2, 0.25) is 0 Å². The number of benzene rings is 1. The smallest absolute Gasteiger partial charge is 0.161 e. The first kappa shape index (κ1) is 14.8. The minimum Gasteiger partial charge on any atom is -0.493 e. The molecule has 0 radical (unpaired) electrons. The standard InChI is InChI=1S/C15H16BrNO3/c1-9-4-5-17-8-11(9)15(18)10-6-13(19-2)14(20-3)7-12(10)16/h4-8,15,18H,1-3H3. The lowest BCUT2D eigenvalue weighted by Gasteiger charge is -2.17. The van der Waals surface area contributed by atoms with Crippen molar-refractivity contribution < 1.29 is 14.6 Å². The van der Waals surface area contributed by atoms with Gasteiger partial charge in [0.05, 0.1) is 14.2 Å². The zero-order valence-electron chi connectivity index (χ0n) is 11.6. The molecule has 1 heterocycles. The van der Waals surface area contributed by atoms with Crippen molar-refractivity contribution in [1.82, 2.24) is 4.98 Å². The van der Waals surface area contributed by atoms with Gasteiger partial charge in [0.15, 0.2) is 11.5 Å². The van der Waals surface area contributed by atoms with Crippen LogP contribution in [-0.4, -0.2) is 24.3 Å². The summed E-state index contributed by atoms with van der Waals surface area (Å²) in [5.41, 5.74) is 2.45. The summed E-state index contributed by atoms with van der Waals surface area (Å²) in [5.74, 6) is 1.18. The highest BCUT2D eigenvalue weighted by Gasteiger charge is 2.19. The lowest BCUT2D eigenvalue weighted by Crippen LogP contribution is -2.04. The van der Waals surface area contributed by atoms with Crippen molar-refractivity contribution in [3.8, 4) is 11.5 Å². The molecule has 0 bridgehead atoms. The maximum Gasteiger partial charge on any atom is 0.161 e. The molecule has 0 spiro atoms. The summed E-state index contributed by atoms with van der Waals surface area (Å²) in [7, 11) is 3.14. The molecule has 1 N–H and O–H groups in total. The van der Waals surface area contributed by atoms with E-state index >= 15 is 0 Å². The second kappa shape index (κ2) is 6.24. The van der Waals surface area contributed by atoms with E-state index in [9.17, 15) is 5.11 Å². The van der Waals surface area contributed by atoms with Crippen LogP contribution in [-0.2, 0) is 0 Å². The minimum atomic E-state index is -0.780. The van der Waals surface area contributed by atoms with Gasteiger partial charge in [-0.15, -0.1) is 0 Å². The van der Waals surface area contributed by atoms with Gasteiger partial charge < -0.3 is 14.6 Å². The van der Waals surface area contributed by atoms with E-state index in [-0.39, 0.29) is 0 Å². The van der Waals surface area contributed by atoms with Crippen LogP contribution >= 0.6 is 15.9 Å². The van der Waals surface area contributed by atoms with E-state index in [0.717, 1.165) is 15.6 Å². The fourth-order valence-electron chi connectivity index (χ4n) is 2.01. The van der Waals surface area contributed by atoms with Gasteiger partial charge in [-0.1, -0.05) is 15.9 Å². The Morgan fingerprint density at radius 1 is 1.15 bits per heavy atom. The molecule has 4 nitrogen and oxygen atoms in total. The largest absolute Gasteiger partial charge is 0.493 e. The maximum absolute atomic E-state index is 10.6. The molecule has 1 atom stereocenters. The first-order chi connectivity index (χ1) is 9.58. The zero-order valence-corrected chi connectivity index (χ0v) is 13.1. The van der Waals surface area contributed by atoms with Crippen molar-refractivity contribution in [3.63, 3.8) is 0 Å². The summed E-state index contributed by atoms with van der Waals surface area (Å²) < 4.78 is 11.3. The topological polar surface area (TPSA) is 51.6 Å². The molecular weight excluding hydrogens is 322 g/mol. The van der Waals surface area contributed by atoms with Crippen molar-refractivity contribution in [2.45, 2.75) is 13.0 Å². The van der Waals surface area contributed by atoms with Crippen molar-refractivity contribution in [2.24, 2.45) is 0 Å². The molecular formula is C15H16BrNO3. The van der Waals surface area contributed by atoms with Crippen LogP contribution < -0.4 is 9.47 Å². The Balaban J connectivity index is 2.50. The fourth-order valence-corrected chi connectivity index (χ4v) is 2.55. The summed E-state index contributed by atoms with van der Waals surface area (Å²) in [6.45, 7) is 1.94. The lowest BCUT2D eigenvalue weighted by molar-refractivity contribution is 0.217. The molecule has 0 amide bonds. The average Bonchev–Trinajstić information content (AvgIpc) is 2.46. The number of aromatic nitrogens is 1. The van der Waals surface area contributed by atoms with Crippen LogP contribution in [0.15, 0.2) is 35.1 Å². The molecule has 2 rings (SSSR count). The number of aliphatic hydroxyl groups excluding tert-OH is 1. The van der Waals surface area contributed by atoms with E-state index in [1.54, 1.807) is 38.7 Å². The van der Waals surface area contributed by atoms with Gasteiger partial charge in [-0.3, -0.25) is 4.98 Å². The van der Waals surface area contributed by atoms with E-state index in [1.807, 2.05) is 13.0 Å². The SMILES string of the molecule is COc1cc(Br)c(C(O)c2cnccc2C)cc1OC. The van der Waals surface area contributed by atoms with Crippen LogP contribution in [0, 0.1) is 6.92 Å². The highest BCUT2D eigenvalue weighted by atomic mass is 79.9. The molecule has 0 aliphatic heterocycles. The third kappa shape index (κ3) is 2.78. The summed E-state index contributed by atoms with van der Waals surface area (Å²) in [5, 5.41) is 10.6. The molecule has 2 aromatic rings. The van der Waals surface area contributed by atoms with Crippen LogP contribution in [0.5, 0.6) is 11.5 Å². The molecule has 0 saturated carbocycles. The van der Waals surface area contributed by atoms with Crippen LogP contribution in [0.2, 0.25) is 0 Å². The Morgan fingerprint density at radius 3 is 2.40 bits per heavy atom. The monoisotopic (exact) mass is 337 g/mol. The number of aliphatic hydroxyl groups is 1. The number of rotatable bonds is 4. The van der Waals surface area contributed by atoms with Crippen molar-refractivity contribution in [2.75, 3.05) is 14.2 Å². The van der Waals surface area contributed by atoms with Crippen molar-refractivity contribution >= 4 is 15.9 Å². The number of aryl methyl sites for hydroxylation is 1. The molecule has 0 fully saturated rings. The van der Waals surface area contributed by atoms with Crippen LogP contribution in [0.25, 0.3) is 0 Å². The van der Waals surface area contributed by atoms with Gasteiger partial charge in [0.25, 0.3) is 0 Å². The normalized spacial score (nSPS) is 12.1. The highest BCUT2D eigenvalue weighted by Crippen LogP contribution is 2.38. The minimum absolute atomic E-state index is 0.575. The lowest BCUT2D eigenvalue weighted by atomic mass is 9.99. The second-order valence-corrected chi connectivity index (χ2v) is 5.22. The molecule has 106 valence electrons. The quantitative estimate of drug-likeness (QED) is 0.930. The average molecular weight is 338 g/mol. The van der Waals surface area contributed by atoms with Gasteiger partial charge in [0.1, 0.15) is 6.10 Å². The Morgan fingerprint density at radius 2 is 1.80 bits per heavy atom. The molecule has 1 aromatic heterocycles. The highest BCUT2D eigenvalue weighted by molar-refractivity contribution is 9.10. The van der Waals surface area contributed by atoms with Crippen molar-refractivity contribution in [3.05, 3.63) is 51.8 Å². The third-order valence-corrected chi connectivity index (χ3v) is 3.86. The van der Waals surface area contributed by atoms with E-state index < -0.39 is 6.10 Å². The number of hydrogen-bond acceptors (Lipinski definition) is 4. The van der Waals surface area contributed by atoms with Gasteiger partial charge in [0, 0.05) is 28.0 Å². The van der Waals surface area contributed by atoms with Gasteiger partial charge in [-0.25, -0.2) is 0 Å². The first-order valence-corrected chi connectivity index (χ1v) is 6.87. The predicted molar refractivity (Wildman–Crippen MR) is 80.3 cm³/mol. The Kier molecular flexibility index (Phi) is 4.62. The number of ether oxygens (including phenoxy) is 2. The van der Waals surface area contributed by atoms with E-state index in [1.165, 1.54) is 0 Å². The fraction of sp³-hybridized carbons (Fsp3) is 0.267. The van der Waals surface area contributed by atoms with E-state index in [0.29, 0.717) is 17.1 Å². The Bertz CT molecular complexity index is 616. The number of hydrogen-bond donors (Lipinski definition) is 1. The van der Waals surface area contributed by atoms with Crippen LogP contribution in [0.3, 0.4) is 0 Å². The van der Waals surface area contributed by atoms with Crippen LogP contribution in [0.4, 0.5) is 0 Å². The molecule has 0 aliphatic rings. The summed E-state index contributed by atoms with van der Waals surface area (Å²) in [4.78, 5) is 4.07. The zero-order chi connectivity index (χ0) is 14.7. The first-order valence-electron chi connectivity index (χ1n) is 6.08. The molecule has 1 aromatic carbocycles. The van der Waals surface area contributed by atoms with Gasteiger partial charge >= 0.3 is 0 Å². The maximum atomic E-state index is 10.6. The Hall–Kier alpha value is -1.59. The van der Waals surface area contributed by atoms with Gasteiger partial charge in [-0.05, 0) is 30.7 Å². The summed E-state index contributed by atoms with van der Waals surface area (Å²) in [6, 6.07) is 5.41. The molecule has 0 aliphatic carbocycles. The number of pyridine rings is 1. The molecule has 20 heavy (non-hydrogen) atoms. The van der Waals surface area contributed by atoms with E-state index in [4.69, 9.17) is 9.47 Å². The van der Waals surface area contributed by atoms with Gasteiger partial charge in [-0.2, -0.15) is 0 Å². The Labute approximate surface area is 126 Å². The third-order valence-electron chi connectivity index (χ3n) is 3.17. The second-order valence-electron chi connectivity index (χ2n) is 4.36. The van der Waals surface area contributed by atoms with Crippen LogP contribution in [0.1, 0.15) is 22.8 Å². The summed E-state index contributed by atoms with van der Waals surface area (Å²) >= 11 is 3.46. The number of halogens is 1. The number of nitrogens with zero attached hydrogens (tertiary/aromatic N) is 1. The van der Waals surface area contributed by atoms with E-state index in [2.05, 4.69) is 20.9 Å². The number of methoxy groups -OCH3 is 2. The summed E-state index contributed by atoms with van der Waals surface area (Å²) in [6.07, 6.45) is 2.59. The molecule has 1 unspecified atom stereocenters. The predicted octanol–water partition coefficient (Wildman–Crippen LogP) is 3.25. The molecule has 5 heteroatoms. The van der Waals surface area contributed by atoms with Crippen molar-refractivity contribution in [1.29, 1.82) is 0 Å².